The lowest BCUT2D eigenvalue weighted by Crippen LogP contribution is -2.18. The number of amides is 1. The molecule has 1 heterocycles. The van der Waals surface area contributed by atoms with Crippen LogP contribution in [0.1, 0.15) is 33.2 Å². The second-order valence-corrected chi connectivity index (χ2v) is 6.10. The molecule has 0 aliphatic carbocycles. The highest BCUT2D eigenvalue weighted by Crippen LogP contribution is 2.36. The lowest BCUT2D eigenvalue weighted by atomic mass is 10.1. The summed E-state index contributed by atoms with van der Waals surface area (Å²) in [5.74, 6) is -8.26. The van der Waals surface area contributed by atoms with E-state index in [-0.39, 0.29) is 11.3 Å². The maximum Gasteiger partial charge on any atom is 0.471 e. The Balaban J connectivity index is 1.73. The quantitative estimate of drug-likeness (QED) is 0.532. The lowest BCUT2D eigenvalue weighted by molar-refractivity contribution is -0.159. The first kappa shape index (κ1) is 22.2. The van der Waals surface area contributed by atoms with E-state index in [4.69, 9.17) is 0 Å². The summed E-state index contributed by atoms with van der Waals surface area (Å²) >= 11 is 0. The van der Waals surface area contributed by atoms with Crippen LogP contribution in [0.4, 0.5) is 40.8 Å². The molecule has 0 radical (unpaired) electrons. The average Bonchev–Trinajstić information content (AvgIpc) is 3.19. The third-order valence-corrected chi connectivity index (χ3v) is 3.93. The molecule has 0 fully saturated rings. The van der Waals surface area contributed by atoms with Gasteiger partial charge in [0.05, 0.1) is 5.56 Å². The zero-order valence-corrected chi connectivity index (χ0v) is 14.9. The number of carbonyl (C=O) groups excluding carboxylic acids is 1. The topological polar surface area (TPSA) is 68.0 Å². The van der Waals surface area contributed by atoms with E-state index in [9.17, 15) is 39.9 Å². The monoisotopic (exact) mass is 451 g/mol. The molecule has 0 aliphatic heterocycles. The van der Waals surface area contributed by atoms with Crippen LogP contribution in [0.5, 0.6) is 0 Å². The number of hydrogen-bond acceptors (Lipinski definition) is 4. The summed E-state index contributed by atoms with van der Waals surface area (Å²) < 4.78 is 108. The van der Waals surface area contributed by atoms with Gasteiger partial charge in [-0.3, -0.25) is 4.79 Å². The van der Waals surface area contributed by atoms with E-state index in [0.717, 1.165) is 36.4 Å². The molecule has 0 saturated carbocycles. The number of anilines is 1. The van der Waals surface area contributed by atoms with Crippen LogP contribution in [0, 0.1) is 0 Å². The summed E-state index contributed by atoms with van der Waals surface area (Å²) in [6.45, 7) is 0. The Morgan fingerprint density at radius 3 is 1.81 bits per heavy atom. The average molecular weight is 451 g/mol. The number of carbonyl (C=O) groups is 1. The van der Waals surface area contributed by atoms with Crippen LogP contribution in [-0.4, -0.2) is 16.0 Å². The van der Waals surface area contributed by atoms with Crippen molar-refractivity contribution < 1.29 is 44.4 Å². The minimum absolute atomic E-state index is 0.00791. The van der Waals surface area contributed by atoms with Crippen molar-refractivity contribution in [3.8, 4) is 0 Å². The van der Waals surface area contributed by atoms with Crippen molar-refractivity contribution in [2.45, 2.75) is 18.3 Å². The Morgan fingerprint density at radius 2 is 1.32 bits per heavy atom. The Kier molecular flexibility index (Phi) is 5.46. The van der Waals surface area contributed by atoms with Gasteiger partial charge in [0, 0.05) is 16.8 Å². The fraction of sp³-hybridized carbons (Fsp3) is 0.167. The largest absolute Gasteiger partial charge is 0.471 e. The van der Waals surface area contributed by atoms with E-state index in [1.165, 1.54) is 0 Å². The van der Waals surface area contributed by atoms with Crippen LogP contribution < -0.4 is 5.32 Å². The molecule has 3 aromatic rings. The SMILES string of the molecule is O=C(Nc1ccc(C(F)(F)c2noc(C(F)(F)F)n2)cc1)c1ccc(C(F)(F)F)cc1. The summed E-state index contributed by atoms with van der Waals surface area (Å²) in [6.07, 6.45) is -9.66. The number of alkyl halides is 8. The smallest absolute Gasteiger partial charge is 0.329 e. The predicted molar refractivity (Wildman–Crippen MR) is 88.1 cm³/mol. The highest BCUT2D eigenvalue weighted by Gasteiger charge is 2.45. The summed E-state index contributed by atoms with van der Waals surface area (Å²) in [6, 6.07) is 6.96. The van der Waals surface area contributed by atoms with Crippen molar-refractivity contribution in [3.05, 3.63) is 76.9 Å². The van der Waals surface area contributed by atoms with Gasteiger partial charge in [-0.25, -0.2) is 0 Å². The van der Waals surface area contributed by atoms with Crippen molar-refractivity contribution >= 4 is 11.6 Å². The highest BCUT2D eigenvalue weighted by atomic mass is 19.4. The van der Waals surface area contributed by atoms with Crippen LogP contribution in [0.15, 0.2) is 53.1 Å². The van der Waals surface area contributed by atoms with Crippen LogP contribution in [0.25, 0.3) is 0 Å². The molecular formula is C18H9F8N3O2. The Bertz CT molecular complexity index is 1070. The molecule has 1 N–H and O–H groups in total. The van der Waals surface area contributed by atoms with Gasteiger partial charge in [0.2, 0.25) is 5.82 Å². The van der Waals surface area contributed by atoms with Crippen LogP contribution in [0.3, 0.4) is 0 Å². The highest BCUT2D eigenvalue weighted by molar-refractivity contribution is 6.04. The zero-order valence-electron chi connectivity index (χ0n) is 14.9. The molecular weight excluding hydrogens is 442 g/mol. The normalized spacial score (nSPS) is 12.6. The number of halogens is 8. The minimum atomic E-state index is -5.09. The predicted octanol–water partition coefficient (Wildman–Crippen LogP) is 5.50. The molecule has 31 heavy (non-hydrogen) atoms. The van der Waals surface area contributed by atoms with Gasteiger partial charge >= 0.3 is 24.2 Å². The van der Waals surface area contributed by atoms with E-state index in [2.05, 4.69) is 20.0 Å². The molecule has 13 heteroatoms. The van der Waals surface area contributed by atoms with Gasteiger partial charge in [-0.1, -0.05) is 17.3 Å². The van der Waals surface area contributed by atoms with Crippen LogP contribution in [-0.2, 0) is 18.3 Å². The van der Waals surface area contributed by atoms with Gasteiger partial charge in [-0.05, 0) is 36.4 Å². The summed E-state index contributed by atoms with van der Waals surface area (Å²) in [5, 5.41) is 4.95. The van der Waals surface area contributed by atoms with Crippen LogP contribution >= 0.6 is 0 Å². The molecule has 1 aromatic heterocycles. The second kappa shape index (κ2) is 7.63. The van der Waals surface area contributed by atoms with Crippen molar-refractivity contribution in [1.29, 1.82) is 0 Å². The van der Waals surface area contributed by atoms with Gasteiger partial charge in [0.15, 0.2) is 0 Å². The molecule has 5 nitrogen and oxygen atoms in total. The number of nitrogens with zero attached hydrogens (tertiary/aromatic N) is 2. The van der Waals surface area contributed by atoms with E-state index >= 15 is 0 Å². The molecule has 1 amide bonds. The third-order valence-electron chi connectivity index (χ3n) is 3.93. The number of hydrogen-bond donors (Lipinski definition) is 1. The maximum absolute atomic E-state index is 14.4. The summed E-state index contributed by atoms with van der Waals surface area (Å²) in [7, 11) is 0. The number of rotatable bonds is 4. The molecule has 0 aliphatic rings. The molecule has 0 unspecified atom stereocenters. The van der Waals surface area contributed by atoms with Crippen molar-refractivity contribution in [2.24, 2.45) is 0 Å². The Labute approximate surface area is 167 Å². The molecule has 3 rings (SSSR count). The number of aromatic nitrogens is 2. The van der Waals surface area contributed by atoms with Crippen molar-refractivity contribution in [2.75, 3.05) is 5.32 Å². The van der Waals surface area contributed by atoms with E-state index in [1.807, 2.05) is 0 Å². The van der Waals surface area contributed by atoms with Crippen molar-refractivity contribution in [3.63, 3.8) is 0 Å². The molecule has 0 spiro atoms. The third kappa shape index (κ3) is 4.81. The van der Waals surface area contributed by atoms with Gasteiger partial charge in [-0.2, -0.15) is 40.1 Å². The number of benzene rings is 2. The molecule has 0 atom stereocenters. The molecule has 0 bridgehead atoms. The van der Waals surface area contributed by atoms with Crippen LogP contribution in [0.2, 0.25) is 0 Å². The first-order chi connectivity index (χ1) is 14.3. The fourth-order valence-corrected chi connectivity index (χ4v) is 2.37. The molecule has 0 saturated heterocycles. The lowest BCUT2D eigenvalue weighted by Gasteiger charge is -2.13. The fourth-order valence-electron chi connectivity index (χ4n) is 2.37. The van der Waals surface area contributed by atoms with Gasteiger partial charge < -0.3 is 9.84 Å². The summed E-state index contributed by atoms with van der Waals surface area (Å²) in [5.41, 5.74) is -1.84. The standard InChI is InChI=1S/C18H9F8N3O2/c19-16(20,14-28-15(31-29-14)18(24,25)26)10-5-7-12(8-6-10)27-13(30)9-1-3-11(4-2-9)17(21,22)23/h1-8H,(H,27,30). The van der Waals surface area contributed by atoms with E-state index in [0.29, 0.717) is 12.1 Å². The first-order valence-corrected chi connectivity index (χ1v) is 8.17. The van der Waals surface area contributed by atoms with Gasteiger partial charge in [0.25, 0.3) is 5.91 Å². The first-order valence-electron chi connectivity index (χ1n) is 8.17. The zero-order chi connectivity index (χ0) is 23.0. The second-order valence-electron chi connectivity index (χ2n) is 6.10. The Morgan fingerprint density at radius 1 is 0.774 bits per heavy atom. The van der Waals surface area contributed by atoms with E-state index in [1.54, 1.807) is 0 Å². The minimum Gasteiger partial charge on any atom is -0.329 e. The van der Waals surface area contributed by atoms with Crippen molar-refractivity contribution in [1.82, 2.24) is 10.1 Å². The number of nitrogens with one attached hydrogen (secondary N) is 1. The van der Waals surface area contributed by atoms with Gasteiger partial charge in [0.1, 0.15) is 0 Å². The summed E-state index contributed by atoms with van der Waals surface area (Å²) in [4.78, 5) is 14.8. The van der Waals surface area contributed by atoms with E-state index < -0.39 is 47.0 Å². The maximum atomic E-state index is 14.4. The van der Waals surface area contributed by atoms with Gasteiger partial charge in [-0.15, -0.1) is 0 Å². The molecule has 2 aromatic carbocycles. The molecule has 164 valence electrons. The Hall–Kier alpha value is -3.51.